The summed E-state index contributed by atoms with van der Waals surface area (Å²) in [5, 5.41) is 22.3. The summed E-state index contributed by atoms with van der Waals surface area (Å²) in [4.78, 5) is 33.2. The molecule has 0 aliphatic rings. The SMILES string of the molecule is O=C(Cc1ccc(F)cc1)N[C@H](Cc1ccc(F)c([N+](=O)[O-])c1)C(=O)O. The van der Waals surface area contributed by atoms with Gasteiger partial charge < -0.3 is 10.4 Å². The summed E-state index contributed by atoms with van der Waals surface area (Å²) in [6, 6.07) is 6.80. The first-order valence-electron chi connectivity index (χ1n) is 7.45. The van der Waals surface area contributed by atoms with Crippen molar-refractivity contribution in [3.8, 4) is 0 Å². The second-order valence-electron chi connectivity index (χ2n) is 5.51. The smallest absolute Gasteiger partial charge is 0.326 e. The molecule has 0 bridgehead atoms. The third-order valence-corrected chi connectivity index (χ3v) is 3.56. The van der Waals surface area contributed by atoms with Crippen LogP contribution in [-0.2, 0) is 22.4 Å². The molecule has 0 aromatic heterocycles. The molecule has 136 valence electrons. The molecule has 26 heavy (non-hydrogen) atoms. The van der Waals surface area contributed by atoms with Gasteiger partial charge in [-0.25, -0.2) is 9.18 Å². The molecule has 1 amide bonds. The minimum absolute atomic E-state index is 0.159. The molecule has 0 saturated heterocycles. The molecule has 2 rings (SSSR count). The minimum Gasteiger partial charge on any atom is -0.480 e. The van der Waals surface area contributed by atoms with E-state index in [4.69, 9.17) is 0 Å². The van der Waals surface area contributed by atoms with Gasteiger partial charge in [0.2, 0.25) is 11.7 Å². The summed E-state index contributed by atoms with van der Waals surface area (Å²) in [5.74, 6) is -3.45. The second kappa shape index (κ2) is 8.15. The second-order valence-corrected chi connectivity index (χ2v) is 5.51. The Bertz CT molecular complexity index is 840. The van der Waals surface area contributed by atoms with E-state index >= 15 is 0 Å². The molecular formula is C17H14F2N2O5. The summed E-state index contributed by atoms with van der Waals surface area (Å²) in [5.41, 5.74) is -0.0951. The van der Waals surface area contributed by atoms with E-state index in [0.29, 0.717) is 5.56 Å². The lowest BCUT2D eigenvalue weighted by Crippen LogP contribution is -2.43. The normalized spacial score (nSPS) is 11.6. The van der Waals surface area contributed by atoms with Crippen molar-refractivity contribution in [2.75, 3.05) is 0 Å². The molecule has 9 heteroatoms. The van der Waals surface area contributed by atoms with Crippen LogP contribution >= 0.6 is 0 Å². The molecule has 0 radical (unpaired) electrons. The van der Waals surface area contributed by atoms with Crippen molar-refractivity contribution in [1.82, 2.24) is 5.32 Å². The van der Waals surface area contributed by atoms with Crippen molar-refractivity contribution in [2.45, 2.75) is 18.9 Å². The first-order chi connectivity index (χ1) is 12.3. The number of nitrogens with zero attached hydrogens (tertiary/aromatic N) is 1. The Morgan fingerprint density at radius 3 is 2.31 bits per heavy atom. The number of carboxylic acid groups (broad SMARTS) is 1. The van der Waals surface area contributed by atoms with Gasteiger partial charge in [0, 0.05) is 12.5 Å². The highest BCUT2D eigenvalue weighted by Gasteiger charge is 2.22. The Morgan fingerprint density at radius 1 is 1.12 bits per heavy atom. The number of amides is 1. The lowest BCUT2D eigenvalue weighted by Gasteiger charge is -2.15. The van der Waals surface area contributed by atoms with Gasteiger partial charge in [0.05, 0.1) is 11.3 Å². The number of hydrogen-bond donors (Lipinski definition) is 2. The maximum Gasteiger partial charge on any atom is 0.326 e. The Morgan fingerprint density at radius 2 is 1.73 bits per heavy atom. The number of carboxylic acids is 1. The van der Waals surface area contributed by atoms with E-state index in [1.165, 1.54) is 30.3 Å². The van der Waals surface area contributed by atoms with E-state index in [0.717, 1.165) is 12.1 Å². The van der Waals surface area contributed by atoms with Crippen molar-refractivity contribution in [3.63, 3.8) is 0 Å². The van der Waals surface area contributed by atoms with Gasteiger partial charge in [-0.15, -0.1) is 0 Å². The molecule has 0 spiro atoms. The lowest BCUT2D eigenvalue weighted by atomic mass is 10.0. The number of hydrogen-bond acceptors (Lipinski definition) is 4. The highest BCUT2D eigenvalue weighted by Crippen LogP contribution is 2.19. The quantitative estimate of drug-likeness (QED) is 0.578. The van der Waals surface area contributed by atoms with Crippen LogP contribution in [0.5, 0.6) is 0 Å². The van der Waals surface area contributed by atoms with E-state index in [-0.39, 0.29) is 18.4 Å². The maximum atomic E-state index is 13.3. The first-order valence-corrected chi connectivity index (χ1v) is 7.45. The average Bonchev–Trinajstić information content (AvgIpc) is 2.57. The number of aliphatic carboxylic acids is 1. The first kappa shape index (κ1) is 19.0. The van der Waals surface area contributed by atoms with Crippen LogP contribution < -0.4 is 5.32 Å². The molecule has 0 saturated carbocycles. The van der Waals surface area contributed by atoms with Crippen LogP contribution in [-0.4, -0.2) is 27.9 Å². The number of carbonyl (C=O) groups excluding carboxylic acids is 1. The number of nitro benzene ring substituents is 1. The lowest BCUT2D eigenvalue weighted by molar-refractivity contribution is -0.387. The van der Waals surface area contributed by atoms with Crippen LogP contribution in [0.3, 0.4) is 0 Å². The van der Waals surface area contributed by atoms with E-state index in [1.807, 2.05) is 0 Å². The Kier molecular flexibility index (Phi) is 5.94. The largest absolute Gasteiger partial charge is 0.480 e. The van der Waals surface area contributed by atoms with Crippen molar-refractivity contribution in [2.24, 2.45) is 0 Å². The molecule has 0 heterocycles. The van der Waals surface area contributed by atoms with Gasteiger partial charge in [0.15, 0.2) is 0 Å². The molecule has 1 atom stereocenters. The standard InChI is InChI=1S/C17H14F2N2O5/c18-12-4-1-10(2-5-12)9-16(22)20-14(17(23)24)7-11-3-6-13(19)15(8-11)21(25)26/h1-6,8,14H,7,9H2,(H,20,22)(H,23,24)/t14-/m1/s1. The summed E-state index contributed by atoms with van der Waals surface area (Å²) in [6.45, 7) is 0. The molecule has 0 fully saturated rings. The number of nitro groups is 1. The summed E-state index contributed by atoms with van der Waals surface area (Å²) < 4.78 is 26.2. The molecule has 2 N–H and O–H groups in total. The van der Waals surface area contributed by atoms with Crippen LogP contribution in [0, 0.1) is 21.7 Å². The van der Waals surface area contributed by atoms with Gasteiger partial charge in [0.1, 0.15) is 11.9 Å². The molecule has 2 aromatic rings. The Balaban J connectivity index is 2.08. The van der Waals surface area contributed by atoms with Crippen molar-refractivity contribution < 1.29 is 28.4 Å². The predicted molar refractivity (Wildman–Crippen MR) is 86.4 cm³/mol. The highest BCUT2D eigenvalue weighted by atomic mass is 19.1. The van der Waals surface area contributed by atoms with Crippen molar-refractivity contribution in [3.05, 3.63) is 75.3 Å². The van der Waals surface area contributed by atoms with E-state index in [2.05, 4.69) is 5.32 Å². The zero-order valence-corrected chi connectivity index (χ0v) is 13.3. The highest BCUT2D eigenvalue weighted by molar-refractivity contribution is 5.85. The van der Waals surface area contributed by atoms with Crippen LogP contribution in [0.15, 0.2) is 42.5 Å². The fourth-order valence-corrected chi connectivity index (χ4v) is 2.29. The van der Waals surface area contributed by atoms with Gasteiger partial charge >= 0.3 is 11.7 Å². The van der Waals surface area contributed by atoms with Gasteiger partial charge in [0.25, 0.3) is 0 Å². The number of halogens is 2. The van der Waals surface area contributed by atoms with Crippen molar-refractivity contribution in [1.29, 1.82) is 0 Å². The van der Waals surface area contributed by atoms with Crippen LogP contribution in [0.25, 0.3) is 0 Å². The van der Waals surface area contributed by atoms with Gasteiger partial charge in [-0.05, 0) is 29.3 Å². The molecule has 0 unspecified atom stereocenters. The predicted octanol–water partition coefficient (Wildman–Crippen LogP) is 2.23. The van der Waals surface area contributed by atoms with Gasteiger partial charge in [-0.2, -0.15) is 4.39 Å². The molecule has 7 nitrogen and oxygen atoms in total. The molecule has 0 aliphatic heterocycles. The topological polar surface area (TPSA) is 110 Å². The van der Waals surface area contributed by atoms with Gasteiger partial charge in [-0.1, -0.05) is 18.2 Å². The fourth-order valence-electron chi connectivity index (χ4n) is 2.29. The third kappa shape index (κ3) is 5.07. The number of nitrogens with one attached hydrogen (secondary N) is 1. The Labute approximate surface area is 146 Å². The third-order valence-electron chi connectivity index (χ3n) is 3.56. The number of benzene rings is 2. The van der Waals surface area contributed by atoms with E-state index < -0.39 is 40.2 Å². The average molecular weight is 364 g/mol. The number of rotatable bonds is 7. The summed E-state index contributed by atoms with van der Waals surface area (Å²) >= 11 is 0. The minimum atomic E-state index is -1.35. The summed E-state index contributed by atoms with van der Waals surface area (Å²) in [7, 11) is 0. The van der Waals surface area contributed by atoms with Crippen LogP contribution in [0.4, 0.5) is 14.5 Å². The van der Waals surface area contributed by atoms with Crippen LogP contribution in [0.1, 0.15) is 11.1 Å². The number of carbonyl (C=O) groups is 2. The zero-order chi connectivity index (χ0) is 19.3. The maximum absolute atomic E-state index is 13.3. The van der Waals surface area contributed by atoms with E-state index in [1.54, 1.807) is 0 Å². The molecule has 2 aromatic carbocycles. The fraction of sp³-hybridized carbons (Fsp3) is 0.176. The van der Waals surface area contributed by atoms with E-state index in [9.17, 15) is 33.6 Å². The summed E-state index contributed by atoms with van der Waals surface area (Å²) in [6.07, 6.45) is -0.417. The van der Waals surface area contributed by atoms with Crippen molar-refractivity contribution >= 4 is 17.6 Å². The molecule has 0 aliphatic carbocycles. The van der Waals surface area contributed by atoms with Crippen LogP contribution in [0.2, 0.25) is 0 Å². The van der Waals surface area contributed by atoms with Gasteiger partial charge in [-0.3, -0.25) is 14.9 Å². The molecular weight excluding hydrogens is 350 g/mol. The Hall–Kier alpha value is -3.36. The monoisotopic (exact) mass is 364 g/mol. The zero-order valence-electron chi connectivity index (χ0n) is 13.3.